The number of furan rings is 1. The average Bonchev–Trinajstić information content (AvgIpc) is 2.82. The Hall–Kier alpha value is -2.03. The molecule has 0 bridgehead atoms. The van der Waals surface area contributed by atoms with Crippen molar-refractivity contribution in [2.24, 2.45) is 0 Å². The predicted octanol–water partition coefficient (Wildman–Crippen LogP) is 2.02. The zero-order valence-electron chi connectivity index (χ0n) is 12.4. The van der Waals surface area contributed by atoms with Crippen LogP contribution in [0, 0.1) is 6.92 Å². The largest absolute Gasteiger partial charge is 0.465 e. The summed E-state index contributed by atoms with van der Waals surface area (Å²) in [5.41, 5.74) is 0. The molecule has 0 fully saturated rings. The van der Waals surface area contributed by atoms with E-state index in [9.17, 15) is 22.8 Å². The minimum Gasteiger partial charge on any atom is -0.465 e. The smallest absolute Gasteiger partial charge is 0.405 e. The van der Waals surface area contributed by atoms with E-state index in [0.717, 1.165) is 0 Å². The molecule has 6 nitrogen and oxygen atoms in total. The summed E-state index contributed by atoms with van der Waals surface area (Å²) < 4.78 is 41.2. The Morgan fingerprint density at radius 1 is 1.27 bits per heavy atom. The van der Waals surface area contributed by atoms with Crippen molar-refractivity contribution in [3.63, 3.8) is 0 Å². The van der Waals surface area contributed by atoms with Gasteiger partial charge in [-0.15, -0.1) is 0 Å². The lowest BCUT2D eigenvalue weighted by molar-refractivity contribution is -0.125. The molecule has 0 aliphatic carbocycles. The Morgan fingerprint density at radius 2 is 1.91 bits per heavy atom. The highest BCUT2D eigenvalue weighted by Crippen LogP contribution is 2.16. The summed E-state index contributed by atoms with van der Waals surface area (Å²) in [5, 5.41) is 6.27. The normalized spacial score (nSPS) is 14.3. The summed E-state index contributed by atoms with van der Waals surface area (Å²) in [4.78, 5) is 22.9. The van der Waals surface area contributed by atoms with Crippen LogP contribution in [0.15, 0.2) is 16.5 Å². The molecule has 0 radical (unpaired) electrons. The van der Waals surface area contributed by atoms with E-state index in [4.69, 9.17) is 4.42 Å². The fraction of sp³-hybridized carbons (Fsp3) is 0.538. The molecule has 124 valence electrons. The van der Waals surface area contributed by atoms with E-state index < -0.39 is 30.7 Å². The molecule has 0 spiro atoms. The van der Waals surface area contributed by atoms with Gasteiger partial charge >= 0.3 is 12.2 Å². The summed E-state index contributed by atoms with van der Waals surface area (Å²) in [7, 11) is 0. The van der Waals surface area contributed by atoms with Crippen molar-refractivity contribution in [2.45, 2.75) is 39.0 Å². The highest BCUT2D eigenvalue weighted by Gasteiger charge is 2.28. The molecule has 22 heavy (non-hydrogen) atoms. The van der Waals surface area contributed by atoms with Crippen LogP contribution in [0.3, 0.4) is 0 Å². The van der Waals surface area contributed by atoms with Crippen LogP contribution in [0.1, 0.15) is 31.4 Å². The summed E-state index contributed by atoms with van der Waals surface area (Å²) in [6.07, 6.45) is -4.53. The molecule has 0 aliphatic rings. The second-order valence-electron chi connectivity index (χ2n) is 4.85. The van der Waals surface area contributed by atoms with Gasteiger partial charge in [0.25, 0.3) is 0 Å². The summed E-state index contributed by atoms with van der Waals surface area (Å²) in [5.74, 6) is 0.584. The number of carbonyl (C=O) groups is 2. The molecular formula is C13H18F3N3O3. The maximum atomic E-state index is 11.9. The van der Waals surface area contributed by atoms with Crippen LogP contribution in [-0.4, -0.2) is 30.7 Å². The van der Waals surface area contributed by atoms with Crippen LogP contribution in [-0.2, 0) is 4.79 Å². The van der Waals surface area contributed by atoms with E-state index >= 15 is 0 Å². The van der Waals surface area contributed by atoms with Crippen LogP contribution in [0.4, 0.5) is 18.0 Å². The van der Waals surface area contributed by atoms with E-state index in [2.05, 4.69) is 5.32 Å². The molecule has 0 saturated heterocycles. The first-order valence-electron chi connectivity index (χ1n) is 6.56. The van der Waals surface area contributed by atoms with Crippen molar-refractivity contribution in [3.05, 3.63) is 23.7 Å². The molecule has 1 aromatic heterocycles. The van der Waals surface area contributed by atoms with Gasteiger partial charge < -0.3 is 9.73 Å². The molecule has 0 aromatic carbocycles. The minimum atomic E-state index is -4.53. The zero-order valence-corrected chi connectivity index (χ0v) is 12.4. The van der Waals surface area contributed by atoms with Crippen LogP contribution in [0.2, 0.25) is 0 Å². The number of alkyl halides is 3. The molecule has 3 amide bonds. The summed E-state index contributed by atoms with van der Waals surface area (Å²) >= 11 is 0. The first kappa shape index (κ1) is 18.0. The van der Waals surface area contributed by atoms with Gasteiger partial charge in [-0.1, -0.05) is 0 Å². The average molecular weight is 321 g/mol. The molecule has 0 saturated carbocycles. The first-order chi connectivity index (χ1) is 10.1. The Morgan fingerprint density at radius 3 is 2.41 bits per heavy atom. The summed E-state index contributed by atoms with van der Waals surface area (Å²) in [6.45, 7) is 3.51. The van der Waals surface area contributed by atoms with Gasteiger partial charge in [-0.25, -0.2) is 4.79 Å². The third-order valence-corrected chi connectivity index (χ3v) is 2.77. The number of rotatable bonds is 5. The first-order valence-corrected chi connectivity index (χ1v) is 6.56. The number of aryl methyl sites for hydroxylation is 1. The molecular weight excluding hydrogens is 303 g/mol. The second-order valence-corrected chi connectivity index (χ2v) is 4.85. The van der Waals surface area contributed by atoms with E-state index in [1.807, 2.05) is 5.32 Å². The Labute approximate surface area is 125 Å². The van der Waals surface area contributed by atoms with Gasteiger partial charge in [0.15, 0.2) is 0 Å². The van der Waals surface area contributed by atoms with Gasteiger partial charge in [0.1, 0.15) is 18.1 Å². The summed E-state index contributed by atoms with van der Waals surface area (Å²) in [6, 6.07) is 1.22. The maximum Gasteiger partial charge on any atom is 0.405 e. The highest BCUT2D eigenvalue weighted by molar-refractivity contribution is 5.96. The van der Waals surface area contributed by atoms with Crippen LogP contribution in [0.5, 0.6) is 0 Å². The number of nitrogens with one attached hydrogen (secondary N) is 3. The van der Waals surface area contributed by atoms with Crippen molar-refractivity contribution in [1.82, 2.24) is 16.0 Å². The monoisotopic (exact) mass is 321 g/mol. The Bertz CT molecular complexity index is 528. The van der Waals surface area contributed by atoms with Gasteiger partial charge in [-0.2, -0.15) is 13.2 Å². The van der Waals surface area contributed by atoms with E-state index in [-0.39, 0.29) is 6.04 Å². The lowest BCUT2D eigenvalue weighted by Crippen LogP contribution is -2.49. The van der Waals surface area contributed by atoms with Gasteiger partial charge in [0, 0.05) is 0 Å². The lowest BCUT2D eigenvalue weighted by Gasteiger charge is -2.18. The number of imide groups is 1. The number of carbonyl (C=O) groups excluding carboxylic acids is 2. The van der Waals surface area contributed by atoms with E-state index in [1.54, 1.807) is 31.3 Å². The standard InChI is InChI=1S/C13H18F3N3O3/c1-7-4-5-10(22-7)8(2)18-9(3)11(20)19-12(21)17-6-13(14,15)16/h4-5,8-9,18H,6H2,1-3H3,(H2,17,19,20,21)/t8-,9-/m1/s1. The highest BCUT2D eigenvalue weighted by atomic mass is 19.4. The minimum absolute atomic E-state index is 0.298. The Kier molecular flexibility index (Phi) is 5.98. The third kappa shape index (κ3) is 6.17. The SMILES string of the molecule is Cc1ccc([C@@H](C)N[C@H](C)C(=O)NC(=O)NCC(F)(F)F)o1. The van der Waals surface area contributed by atoms with Gasteiger partial charge in [0.05, 0.1) is 12.1 Å². The number of halogens is 3. The third-order valence-electron chi connectivity index (χ3n) is 2.77. The fourth-order valence-electron chi connectivity index (χ4n) is 1.66. The van der Waals surface area contributed by atoms with Crippen molar-refractivity contribution < 1.29 is 27.2 Å². The second kappa shape index (κ2) is 7.30. The number of hydrogen-bond donors (Lipinski definition) is 3. The quantitative estimate of drug-likeness (QED) is 0.775. The molecule has 1 aromatic rings. The molecule has 0 aliphatic heterocycles. The number of hydrogen-bond acceptors (Lipinski definition) is 4. The maximum absolute atomic E-state index is 11.9. The molecule has 2 atom stereocenters. The van der Waals surface area contributed by atoms with Crippen molar-refractivity contribution in [3.8, 4) is 0 Å². The topological polar surface area (TPSA) is 83.4 Å². The lowest BCUT2D eigenvalue weighted by atomic mass is 10.2. The van der Waals surface area contributed by atoms with Crippen molar-refractivity contribution in [1.29, 1.82) is 0 Å². The van der Waals surface area contributed by atoms with Crippen LogP contribution < -0.4 is 16.0 Å². The number of urea groups is 1. The molecule has 1 rings (SSSR count). The van der Waals surface area contributed by atoms with Gasteiger partial charge in [-0.05, 0) is 32.9 Å². The molecule has 0 unspecified atom stereocenters. The molecule has 1 heterocycles. The van der Waals surface area contributed by atoms with E-state index in [1.165, 1.54) is 6.92 Å². The van der Waals surface area contributed by atoms with Crippen molar-refractivity contribution >= 4 is 11.9 Å². The fourth-order valence-corrected chi connectivity index (χ4v) is 1.66. The van der Waals surface area contributed by atoms with Gasteiger partial charge in [-0.3, -0.25) is 15.4 Å². The van der Waals surface area contributed by atoms with Crippen molar-refractivity contribution in [2.75, 3.05) is 6.54 Å². The predicted molar refractivity (Wildman–Crippen MR) is 72.1 cm³/mol. The number of amides is 3. The van der Waals surface area contributed by atoms with Crippen LogP contribution >= 0.6 is 0 Å². The molecule has 3 N–H and O–H groups in total. The Balaban J connectivity index is 2.43. The zero-order chi connectivity index (χ0) is 16.9. The van der Waals surface area contributed by atoms with Gasteiger partial charge in [0.2, 0.25) is 5.91 Å². The van der Waals surface area contributed by atoms with E-state index in [0.29, 0.717) is 11.5 Å². The molecule has 9 heteroatoms. The van der Waals surface area contributed by atoms with Crippen LogP contribution in [0.25, 0.3) is 0 Å².